The van der Waals surface area contributed by atoms with Gasteiger partial charge in [-0.05, 0) is 50.5 Å². The lowest BCUT2D eigenvalue weighted by Crippen LogP contribution is -2.04. The van der Waals surface area contributed by atoms with E-state index in [0.29, 0.717) is 0 Å². The van der Waals surface area contributed by atoms with E-state index >= 15 is 0 Å². The molecule has 0 aliphatic heterocycles. The van der Waals surface area contributed by atoms with Gasteiger partial charge >= 0.3 is 0 Å². The molecule has 2 rings (SSSR count). The minimum Gasteiger partial charge on any atom is -0.389 e. The average molecular weight is 245 g/mol. The van der Waals surface area contributed by atoms with E-state index < -0.39 is 6.10 Å². The van der Waals surface area contributed by atoms with Gasteiger partial charge in [-0.2, -0.15) is 5.10 Å². The molecule has 4 nitrogen and oxygen atoms in total. The Balaban J connectivity index is 2.52. The van der Waals surface area contributed by atoms with Crippen LogP contribution in [0, 0.1) is 13.8 Å². The van der Waals surface area contributed by atoms with Crippen molar-refractivity contribution in [2.24, 2.45) is 0 Å². The second-order valence-electron chi connectivity index (χ2n) is 4.54. The Bertz CT molecular complexity index is 558. The zero-order chi connectivity index (χ0) is 13.3. The van der Waals surface area contributed by atoms with Crippen molar-refractivity contribution in [1.29, 1.82) is 0 Å². The van der Waals surface area contributed by atoms with Gasteiger partial charge in [0.25, 0.3) is 0 Å². The number of hydrogen-bond acceptors (Lipinski definition) is 3. The maximum Gasteiger partial charge on any atom is 0.153 e. The van der Waals surface area contributed by atoms with Gasteiger partial charge in [0.15, 0.2) is 5.82 Å². The molecule has 1 atom stereocenters. The van der Waals surface area contributed by atoms with Gasteiger partial charge in [-0.3, -0.25) is 0 Å². The Morgan fingerprint density at radius 2 is 2.11 bits per heavy atom. The van der Waals surface area contributed by atoms with Gasteiger partial charge in [-0.25, -0.2) is 9.67 Å². The summed E-state index contributed by atoms with van der Waals surface area (Å²) in [4.78, 5) is 4.33. The molecule has 0 fully saturated rings. The molecular weight excluding hydrogens is 226 g/mol. The van der Waals surface area contributed by atoms with E-state index in [1.807, 2.05) is 23.7 Å². The van der Waals surface area contributed by atoms with Crippen LogP contribution in [0.4, 0.5) is 0 Å². The quantitative estimate of drug-likeness (QED) is 0.904. The third-order valence-electron chi connectivity index (χ3n) is 3.26. The first kappa shape index (κ1) is 12.8. The molecule has 0 bridgehead atoms. The van der Waals surface area contributed by atoms with Crippen molar-refractivity contribution in [3.05, 3.63) is 40.8 Å². The predicted molar refractivity (Wildman–Crippen MR) is 70.8 cm³/mol. The van der Waals surface area contributed by atoms with Crippen molar-refractivity contribution in [2.75, 3.05) is 0 Å². The minimum atomic E-state index is -0.491. The number of aryl methyl sites for hydroxylation is 1. The first-order valence-corrected chi connectivity index (χ1v) is 6.24. The van der Waals surface area contributed by atoms with Crippen LogP contribution in [-0.4, -0.2) is 19.9 Å². The third kappa shape index (κ3) is 2.16. The summed E-state index contributed by atoms with van der Waals surface area (Å²) in [5.41, 5.74) is 4.27. The van der Waals surface area contributed by atoms with Gasteiger partial charge in [0.2, 0.25) is 0 Å². The van der Waals surface area contributed by atoms with Crippen LogP contribution in [0.3, 0.4) is 0 Å². The predicted octanol–water partition coefficient (Wildman–Crippen LogP) is 2.50. The molecule has 0 aromatic carbocycles. The van der Waals surface area contributed by atoms with E-state index in [9.17, 15) is 5.11 Å². The third-order valence-corrected chi connectivity index (χ3v) is 3.26. The van der Waals surface area contributed by atoms with E-state index in [-0.39, 0.29) is 0 Å². The normalized spacial score (nSPS) is 12.7. The van der Waals surface area contributed by atoms with Crippen LogP contribution in [0.25, 0.3) is 5.82 Å². The van der Waals surface area contributed by atoms with Crippen LogP contribution in [-0.2, 0) is 6.42 Å². The fourth-order valence-electron chi connectivity index (χ4n) is 2.22. The molecule has 0 aliphatic rings. The van der Waals surface area contributed by atoms with Gasteiger partial charge in [-0.1, -0.05) is 6.92 Å². The van der Waals surface area contributed by atoms with E-state index in [2.05, 4.69) is 23.9 Å². The highest BCUT2D eigenvalue weighted by Gasteiger charge is 2.12. The fourth-order valence-corrected chi connectivity index (χ4v) is 2.22. The number of pyridine rings is 1. The maximum atomic E-state index is 9.61. The monoisotopic (exact) mass is 245 g/mol. The molecule has 1 N–H and O–H groups in total. The summed E-state index contributed by atoms with van der Waals surface area (Å²) in [5, 5.41) is 14.1. The molecule has 2 aromatic rings. The average Bonchev–Trinajstić information content (AvgIpc) is 2.64. The molecule has 0 amide bonds. The summed E-state index contributed by atoms with van der Waals surface area (Å²) in [6.07, 6.45) is 2.18. The smallest absolute Gasteiger partial charge is 0.153 e. The number of aromatic nitrogens is 3. The lowest BCUT2D eigenvalue weighted by atomic mass is 10.1. The number of nitrogens with zero attached hydrogens (tertiary/aromatic N) is 3. The van der Waals surface area contributed by atoms with E-state index in [4.69, 9.17) is 0 Å². The van der Waals surface area contributed by atoms with E-state index in [1.165, 1.54) is 5.56 Å². The molecule has 0 unspecified atom stereocenters. The largest absolute Gasteiger partial charge is 0.389 e. The topological polar surface area (TPSA) is 50.9 Å². The van der Waals surface area contributed by atoms with Crippen LogP contribution in [0.15, 0.2) is 18.3 Å². The van der Waals surface area contributed by atoms with Crippen molar-refractivity contribution in [3.8, 4) is 5.82 Å². The summed E-state index contributed by atoms with van der Waals surface area (Å²) in [6, 6.07) is 3.70. The molecule has 4 heteroatoms. The first-order valence-electron chi connectivity index (χ1n) is 6.24. The van der Waals surface area contributed by atoms with Crippen LogP contribution in [0.2, 0.25) is 0 Å². The summed E-state index contributed by atoms with van der Waals surface area (Å²) >= 11 is 0. The fraction of sp³-hybridized carbons (Fsp3) is 0.429. The van der Waals surface area contributed by atoms with Crippen molar-refractivity contribution in [3.63, 3.8) is 0 Å². The van der Waals surface area contributed by atoms with Gasteiger partial charge < -0.3 is 5.11 Å². The lowest BCUT2D eigenvalue weighted by molar-refractivity contribution is 0.199. The van der Waals surface area contributed by atoms with Crippen LogP contribution < -0.4 is 0 Å². The molecule has 0 radical (unpaired) electrons. The highest BCUT2D eigenvalue weighted by Crippen LogP contribution is 2.19. The van der Waals surface area contributed by atoms with Gasteiger partial charge in [-0.15, -0.1) is 0 Å². The molecule has 2 aromatic heterocycles. The Kier molecular flexibility index (Phi) is 3.48. The summed E-state index contributed by atoms with van der Waals surface area (Å²) in [6.45, 7) is 7.94. The Morgan fingerprint density at radius 3 is 2.67 bits per heavy atom. The highest BCUT2D eigenvalue weighted by molar-refractivity contribution is 5.34. The molecule has 2 heterocycles. The maximum absolute atomic E-state index is 9.61. The number of aliphatic hydroxyl groups excluding tert-OH is 1. The van der Waals surface area contributed by atoms with Crippen molar-refractivity contribution in [1.82, 2.24) is 14.8 Å². The van der Waals surface area contributed by atoms with Crippen LogP contribution in [0.5, 0.6) is 0 Å². The van der Waals surface area contributed by atoms with Gasteiger partial charge in [0.05, 0.1) is 11.8 Å². The Morgan fingerprint density at radius 1 is 1.39 bits per heavy atom. The van der Waals surface area contributed by atoms with Crippen molar-refractivity contribution >= 4 is 0 Å². The summed E-state index contributed by atoms with van der Waals surface area (Å²) in [7, 11) is 0. The molecule has 96 valence electrons. The number of aliphatic hydroxyl groups is 1. The highest BCUT2D eigenvalue weighted by atomic mass is 16.3. The molecule has 0 saturated heterocycles. The molecule has 18 heavy (non-hydrogen) atoms. The molecule has 0 saturated carbocycles. The molecule has 0 spiro atoms. The van der Waals surface area contributed by atoms with Crippen molar-refractivity contribution < 1.29 is 5.11 Å². The van der Waals surface area contributed by atoms with Gasteiger partial charge in [0.1, 0.15) is 0 Å². The first-order chi connectivity index (χ1) is 8.54. The second kappa shape index (κ2) is 4.90. The zero-order valence-corrected chi connectivity index (χ0v) is 11.3. The zero-order valence-electron chi connectivity index (χ0n) is 11.3. The lowest BCUT2D eigenvalue weighted by Gasteiger charge is -2.08. The minimum absolute atomic E-state index is 0.491. The Labute approximate surface area is 107 Å². The van der Waals surface area contributed by atoms with E-state index in [1.54, 1.807) is 13.1 Å². The molecule has 0 aliphatic carbocycles. The summed E-state index contributed by atoms with van der Waals surface area (Å²) in [5.74, 6) is 0.758. The number of rotatable bonds is 3. The van der Waals surface area contributed by atoms with Crippen LogP contribution in [0.1, 0.15) is 42.5 Å². The molecular formula is C14H19N3O. The second-order valence-corrected chi connectivity index (χ2v) is 4.54. The van der Waals surface area contributed by atoms with Crippen LogP contribution >= 0.6 is 0 Å². The van der Waals surface area contributed by atoms with Crippen molar-refractivity contribution in [2.45, 2.75) is 40.2 Å². The van der Waals surface area contributed by atoms with Gasteiger partial charge in [0, 0.05) is 11.9 Å². The van der Waals surface area contributed by atoms with E-state index in [0.717, 1.165) is 29.2 Å². The standard InChI is InChI=1S/C14H19N3O/c1-5-13-9(2)16-17(10(13)3)14-8-12(11(4)18)6-7-15-14/h6-8,11,18H,5H2,1-4H3/t11-/m1/s1. The summed E-state index contributed by atoms with van der Waals surface area (Å²) < 4.78 is 1.85. The Hall–Kier alpha value is -1.68. The SMILES string of the molecule is CCc1c(C)nn(-c2cc([C@@H](C)O)ccn2)c1C. The number of hydrogen-bond donors (Lipinski definition) is 1.